The molecule has 1 aromatic heterocycles. The minimum absolute atomic E-state index is 0.109. The van der Waals surface area contributed by atoms with Gasteiger partial charge in [0.1, 0.15) is 5.76 Å². The van der Waals surface area contributed by atoms with Gasteiger partial charge in [-0.3, -0.25) is 4.79 Å². The summed E-state index contributed by atoms with van der Waals surface area (Å²) in [5.41, 5.74) is 0.276. The summed E-state index contributed by atoms with van der Waals surface area (Å²) in [7, 11) is 0. The van der Waals surface area contributed by atoms with Gasteiger partial charge in [0.2, 0.25) is 0 Å². The van der Waals surface area contributed by atoms with E-state index < -0.39 is 0 Å². The standard InChI is InChI=1S/C10H14N2O4/c1-7-4-9(11-16-7)10(14)12-2-3-15-6-8(12)5-13/h4,8,13H,2-3,5-6H2,1H3/t8-/m0/s1. The van der Waals surface area contributed by atoms with Crippen molar-refractivity contribution in [2.24, 2.45) is 0 Å². The molecule has 1 aliphatic rings. The number of aryl methyl sites for hydroxylation is 1. The highest BCUT2D eigenvalue weighted by molar-refractivity contribution is 5.92. The number of aliphatic hydroxyl groups excluding tert-OH is 1. The molecule has 2 rings (SSSR count). The molecule has 1 fully saturated rings. The normalized spacial score (nSPS) is 21.1. The highest BCUT2D eigenvalue weighted by atomic mass is 16.5. The van der Waals surface area contributed by atoms with Gasteiger partial charge < -0.3 is 19.3 Å². The van der Waals surface area contributed by atoms with Gasteiger partial charge in [-0.15, -0.1) is 0 Å². The fourth-order valence-electron chi connectivity index (χ4n) is 1.69. The Balaban J connectivity index is 2.13. The van der Waals surface area contributed by atoms with Crippen molar-refractivity contribution in [3.8, 4) is 0 Å². The van der Waals surface area contributed by atoms with Gasteiger partial charge >= 0.3 is 0 Å². The number of nitrogens with zero attached hydrogens (tertiary/aromatic N) is 2. The number of aliphatic hydroxyl groups is 1. The van der Waals surface area contributed by atoms with E-state index in [1.54, 1.807) is 17.9 Å². The zero-order valence-corrected chi connectivity index (χ0v) is 9.05. The molecule has 0 unspecified atom stereocenters. The van der Waals surface area contributed by atoms with Crippen LogP contribution in [0.2, 0.25) is 0 Å². The fraction of sp³-hybridized carbons (Fsp3) is 0.600. The lowest BCUT2D eigenvalue weighted by atomic mass is 10.2. The van der Waals surface area contributed by atoms with Gasteiger partial charge in [0.25, 0.3) is 5.91 Å². The molecule has 0 radical (unpaired) electrons. The Morgan fingerprint density at radius 3 is 3.19 bits per heavy atom. The van der Waals surface area contributed by atoms with Crippen molar-refractivity contribution in [3.05, 3.63) is 17.5 Å². The van der Waals surface area contributed by atoms with E-state index in [0.717, 1.165) is 0 Å². The SMILES string of the molecule is Cc1cc(C(=O)N2CCOC[C@@H]2CO)no1. The molecule has 88 valence electrons. The molecule has 6 heteroatoms. The summed E-state index contributed by atoms with van der Waals surface area (Å²) in [6, 6.07) is 1.30. The van der Waals surface area contributed by atoms with Crippen LogP contribution in [0.5, 0.6) is 0 Å². The number of morpholine rings is 1. The van der Waals surface area contributed by atoms with Crippen LogP contribution in [0.25, 0.3) is 0 Å². The summed E-state index contributed by atoms with van der Waals surface area (Å²) in [6.07, 6.45) is 0. The zero-order chi connectivity index (χ0) is 11.5. The van der Waals surface area contributed by atoms with Crippen LogP contribution in [-0.4, -0.2) is 53.5 Å². The van der Waals surface area contributed by atoms with E-state index >= 15 is 0 Å². The maximum absolute atomic E-state index is 12.0. The van der Waals surface area contributed by atoms with Crippen LogP contribution in [0.3, 0.4) is 0 Å². The lowest BCUT2D eigenvalue weighted by Gasteiger charge is -2.33. The number of rotatable bonds is 2. The second-order valence-electron chi connectivity index (χ2n) is 3.73. The van der Waals surface area contributed by atoms with Crippen molar-refractivity contribution in [2.45, 2.75) is 13.0 Å². The molecule has 0 spiro atoms. The Bertz CT molecular complexity index is 377. The molecule has 6 nitrogen and oxygen atoms in total. The smallest absolute Gasteiger partial charge is 0.276 e. The Morgan fingerprint density at radius 1 is 1.75 bits per heavy atom. The summed E-state index contributed by atoms with van der Waals surface area (Å²) >= 11 is 0. The molecule has 1 aliphatic heterocycles. The summed E-state index contributed by atoms with van der Waals surface area (Å²) < 4.78 is 10.1. The van der Waals surface area contributed by atoms with Gasteiger partial charge in [0.15, 0.2) is 5.69 Å². The molecular weight excluding hydrogens is 212 g/mol. The van der Waals surface area contributed by atoms with Crippen molar-refractivity contribution in [3.63, 3.8) is 0 Å². The van der Waals surface area contributed by atoms with E-state index in [0.29, 0.717) is 25.5 Å². The topological polar surface area (TPSA) is 75.8 Å². The lowest BCUT2D eigenvalue weighted by molar-refractivity contribution is -0.0188. The van der Waals surface area contributed by atoms with E-state index in [9.17, 15) is 4.79 Å². The van der Waals surface area contributed by atoms with E-state index in [2.05, 4.69) is 5.16 Å². The van der Waals surface area contributed by atoms with Crippen LogP contribution in [0.4, 0.5) is 0 Å². The first-order valence-electron chi connectivity index (χ1n) is 5.15. The van der Waals surface area contributed by atoms with Crippen LogP contribution in [0.15, 0.2) is 10.6 Å². The van der Waals surface area contributed by atoms with Gasteiger partial charge in [0, 0.05) is 12.6 Å². The second-order valence-corrected chi connectivity index (χ2v) is 3.73. The van der Waals surface area contributed by atoms with Crippen molar-refractivity contribution in [1.82, 2.24) is 10.1 Å². The number of ether oxygens (including phenoxy) is 1. The summed E-state index contributed by atoms with van der Waals surface area (Å²) in [4.78, 5) is 13.6. The number of carbonyl (C=O) groups is 1. The molecule has 0 aromatic carbocycles. The average molecular weight is 226 g/mol. The third-order valence-corrected chi connectivity index (χ3v) is 2.55. The minimum Gasteiger partial charge on any atom is -0.394 e. The molecule has 1 saturated heterocycles. The van der Waals surface area contributed by atoms with Crippen LogP contribution >= 0.6 is 0 Å². The summed E-state index contributed by atoms with van der Waals surface area (Å²) in [5.74, 6) is 0.372. The second kappa shape index (κ2) is 4.63. The third kappa shape index (κ3) is 2.07. The number of aromatic nitrogens is 1. The molecule has 0 aliphatic carbocycles. The van der Waals surface area contributed by atoms with Crippen molar-refractivity contribution >= 4 is 5.91 Å². The first kappa shape index (κ1) is 11.1. The number of carbonyl (C=O) groups excluding carboxylic acids is 1. The van der Waals surface area contributed by atoms with Crippen LogP contribution in [0.1, 0.15) is 16.2 Å². The lowest BCUT2D eigenvalue weighted by Crippen LogP contribution is -2.50. The largest absolute Gasteiger partial charge is 0.394 e. The monoisotopic (exact) mass is 226 g/mol. The molecule has 2 heterocycles. The van der Waals surface area contributed by atoms with E-state index in [-0.39, 0.29) is 24.2 Å². The molecule has 16 heavy (non-hydrogen) atoms. The summed E-state index contributed by atoms with van der Waals surface area (Å²) in [5, 5.41) is 12.8. The Labute approximate surface area is 92.8 Å². The highest BCUT2D eigenvalue weighted by Crippen LogP contribution is 2.12. The molecule has 1 aromatic rings. The van der Waals surface area contributed by atoms with Crippen LogP contribution in [-0.2, 0) is 4.74 Å². The Morgan fingerprint density at radius 2 is 2.56 bits per heavy atom. The van der Waals surface area contributed by atoms with E-state index in [1.807, 2.05) is 0 Å². The highest BCUT2D eigenvalue weighted by Gasteiger charge is 2.29. The maximum Gasteiger partial charge on any atom is 0.276 e. The quantitative estimate of drug-likeness (QED) is 0.756. The molecular formula is C10H14N2O4. The first-order valence-corrected chi connectivity index (χ1v) is 5.15. The number of hydrogen-bond donors (Lipinski definition) is 1. The van der Waals surface area contributed by atoms with Gasteiger partial charge in [-0.05, 0) is 6.92 Å². The first-order chi connectivity index (χ1) is 7.72. The summed E-state index contributed by atoms with van der Waals surface area (Å²) in [6.45, 7) is 2.93. The van der Waals surface area contributed by atoms with Crippen molar-refractivity contribution in [1.29, 1.82) is 0 Å². The maximum atomic E-state index is 12.0. The molecule has 1 amide bonds. The van der Waals surface area contributed by atoms with Crippen molar-refractivity contribution in [2.75, 3.05) is 26.4 Å². The fourth-order valence-corrected chi connectivity index (χ4v) is 1.69. The van der Waals surface area contributed by atoms with Gasteiger partial charge in [-0.25, -0.2) is 0 Å². The van der Waals surface area contributed by atoms with Crippen LogP contribution < -0.4 is 0 Å². The third-order valence-electron chi connectivity index (χ3n) is 2.55. The van der Waals surface area contributed by atoms with E-state index in [1.165, 1.54) is 0 Å². The molecule has 0 saturated carbocycles. The van der Waals surface area contributed by atoms with Crippen LogP contribution in [0, 0.1) is 6.92 Å². The molecule has 1 atom stereocenters. The average Bonchev–Trinajstić information content (AvgIpc) is 2.75. The predicted octanol–water partition coefficient (Wildman–Crippen LogP) is -0.184. The number of amides is 1. The zero-order valence-electron chi connectivity index (χ0n) is 9.05. The molecule has 1 N–H and O–H groups in total. The number of hydrogen-bond acceptors (Lipinski definition) is 5. The van der Waals surface area contributed by atoms with E-state index in [4.69, 9.17) is 14.4 Å². The van der Waals surface area contributed by atoms with Crippen molar-refractivity contribution < 1.29 is 19.2 Å². The van der Waals surface area contributed by atoms with Gasteiger partial charge in [-0.2, -0.15) is 0 Å². The van der Waals surface area contributed by atoms with Gasteiger partial charge in [0.05, 0.1) is 25.9 Å². The van der Waals surface area contributed by atoms with Gasteiger partial charge in [-0.1, -0.05) is 5.16 Å². The Hall–Kier alpha value is -1.40. The minimum atomic E-state index is -0.293. The predicted molar refractivity (Wildman–Crippen MR) is 54.0 cm³/mol. The Kier molecular flexibility index (Phi) is 3.21. The molecule has 0 bridgehead atoms.